The quantitative estimate of drug-likeness (QED) is 0.318. The van der Waals surface area contributed by atoms with Crippen molar-refractivity contribution >= 4 is 28.4 Å². The lowest BCUT2D eigenvalue weighted by Gasteiger charge is -2.14. The van der Waals surface area contributed by atoms with E-state index in [0.29, 0.717) is 33.7 Å². The molecular formula is C25H20N2O6. The van der Waals surface area contributed by atoms with Gasteiger partial charge in [0.05, 0.1) is 19.8 Å². The molecule has 0 fully saturated rings. The van der Waals surface area contributed by atoms with Gasteiger partial charge in [-0.1, -0.05) is 18.2 Å². The highest BCUT2D eigenvalue weighted by atomic mass is 16.6. The zero-order chi connectivity index (χ0) is 23.4. The van der Waals surface area contributed by atoms with Gasteiger partial charge < -0.3 is 14.6 Å². The largest absolute Gasteiger partial charge is 0.497 e. The molecule has 0 aliphatic rings. The third-order valence-electron chi connectivity index (χ3n) is 5.22. The number of carboxylic acid groups (broad SMARTS) is 1. The Balaban J connectivity index is 1.87. The number of ketones is 1. The van der Waals surface area contributed by atoms with E-state index in [4.69, 9.17) is 14.1 Å². The summed E-state index contributed by atoms with van der Waals surface area (Å²) < 4.78 is 15.1. The average Bonchev–Trinajstić information content (AvgIpc) is 3.31. The fourth-order valence-corrected chi connectivity index (χ4v) is 3.51. The number of carbonyl (C=O) groups is 2. The third-order valence-corrected chi connectivity index (χ3v) is 5.22. The second kappa shape index (κ2) is 9.35. The van der Waals surface area contributed by atoms with Crippen molar-refractivity contribution in [3.63, 3.8) is 0 Å². The van der Waals surface area contributed by atoms with E-state index >= 15 is 0 Å². The molecule has 0 saturated carbocycles. The minimum absolute atomic E-state index is 0.103. The summed E-state index contributed by atoms with van der Waals surface area (Å²) in [6.45, 7) is 0. The van der Waals surface area contributed by atoms with Gasteiger partial charge in [0.15, 0.2) is 5.78 Å². The van der Waals surface area contributed by atoms with Crippen LogP contribution in [0.2, 0.25) is 0 Å². The molecule has 4 rings (SSSR count). The summed E-state index contributed by atoms with van der Waals surface area (Å²) >= 11 is 0. The van der Waals surface area contributed by atoms with Crippen LogP contribution in [0.15, 0.2) is 76.9 Å². The SMILES string of the molecule is COc1ccc(C/C(C(=O)c2ccc(OC)cc2)=C(\C(=O)O)c2ccc3nonc3c2)cc1. The van der Waals surface area contributed by atoms with Crippen LogP contribution in [0.5, 0.6) is 11.5 Å². The molecule has 1 N–H and O–H groups in total. The summed E-state index contributed by atoms with van der Waals surface area (Å²) in [4.78, 5) is 26.0. The van der Waals surface area contributed by atoms with E-state index in [0.717, 1.165) is 5.56 Å². The maximum atomic E-state index is 13.6. The molecule has 33 heavy (non-hydrogen) atoms. The van der Waals surface area contributed by atoms with Gasteiger partial charge in [-0.15, -0.1) is 0 Å². The Hall–Kier alpha value is -4.46. The predicted octanol–water partition coefficient (Wildman–Crippen LogP) is 4.20. The van der Waals surface area contributed by atoms with Crippen molar-refractivity contribution in [3.8, 4) is 11.5 Å². The molecule has 0 amide bonds. The van der Waals surface area contributed by atoms with Crippen molar-refractivity contribution in [1.82, 2.24) is 10.3 Å². The smallest absolute Gasteiger partial charge is 0.336 e. The van der Waals surface area contributed by atoms with Crippen LogP contribution in [-0.2, 0) is 11.2 Å². The van der Waals surface area contributed by atoms with Crippen LogP contribution in [0.1, 0.15) is 21.5 Å². The van der Waals surface area contributed by atoms with Gasteiger partial charge in [-0.2, -0.15) is 0 Å². The molecule has 0 radical (unpaired) electrons. The lowest BCUT2D eigenvalue weighted by molar-refractivity contribution is -0.130. The summed E-state index contributed by atoms with van der Waals surface area (Å²) in [5.74, 6) is -0.372. The van der Waals surface area contributed by atoms with E-state index in [9.17, 15) is 14.7 Å². The van der Waals surface area contributed by atoms with Crippen LogP contribution in [0.3, 0.4) is 0 Å². The molecule has 3 aromatic carbocycles. The topological polar surface area (TPSA) is 112 Å². The predicted molar refractivity (Wildman–Crippen MR) is 120 cm³/mol. The number of aromatic nitrogens is 2. The lowest BCUT2D eigenvalue weighted by atomic mass is 9.89. The number of ether oxygens (including phenoxy) is 2. The Morgan fingerprint density at radius 3 is 2.00 bits per heavy atom. The van der Waals surface area contributed by atoms with Crippen molar-refractivity contribution < 1.29 is 28.8 Å². The molecule has 166 valence electrons. The second-order valence-corrected chi connectivity index (χ2v) is 7.21. The highest BCUT2D eigenvalue weighted by Crippen LogP contribution is 2.28. The second-order valence-electron chi connectivity index (χ2n) is 7.21. The maximum Gasteiger partial charge on any atom is 0.336 e. The monoisotopic (exact) mass is 444 g/mol. The van der Waals surface area contributed by atoms with Crippen LogP contribution in [0, 0.1) is 0 Å². The maximum absolute atomic E-state index is 13.6. The Morgan fingerprint density at radius 1 is 0.818 bits per heavy atom. The number of hydrogen-bond acceptors (Lipinski definition) is 7. The van der Waals surface area contributed by atoms with Crippen LogP contribution < -0.4 is 9.47 Å². The highest BCUT2D eigenvalue weighted by molar-refractivity contribution is 6.26. The van der Waals surface area contributed by atoms with Gasteiger partial charge in [0.25, 0.3) is 0 Å². The Morgan fingerprint density at radius 2 is 1.39 bits per heavy atom. The van der Waals surface area contributed by atoms with Gasteiger partial charge >= 0.3 is 5.97 Å². The molecule has 0 spiro atoms. The molecule has 1 aromatic heterocycles. The van der Waals surface area contributed by atoms with E-state index in [1.165, 1.54) is 7.11 Å². The summed E-state index contributed by atoms with van der Waals surface area (Å²) in [5, 5.41) is 17.7. The van der Waals surface area contributed by atoms with Gasteiger partial charge in [-0.05, 0) is 70.0 Å². The standard InChI is InChI=1S/C25H20N2O6/c1-31-18-8-3-15(4-9-18)13-20(24(28)16-5-10-19(32-2)11-6-16)23(25(29)30)17-7-12-21-22(14-17)27-33-26-21/h3-12,14H,13H2,1-2H3,(H,29,30)/b23-20+. The Kier molecular flexibility index (Phi) is 6.17. The molecule has 0 atom stereocenters. The molecule has 0 aliphatic carbocycles. The summed E-state index contributed by atoms with van der Waals surface area (Å²) in [5.41, 5.74) is 2.34. The molecule has 0 aliphatic heterocycles. The van der Waals surface area contributed by atoms with Crippen molar-refractivity contribution in [2.45, 2.75) is 6.42 Å². The van der Waals surface area contributed by atoms with Gasteiger partial charge in [0.2, 0.25) is 0 Å². The first-order valence-corrected chi connectivity index (χ1v) is 10.0. The number of rotatable bonds is 8. The van der Waals surface area contributed by atoms with Gasteiger partial charge in [0, 0.05) is 17.6 Å². The van der Waals surface area contributed by atoms with Crippen LogP contribution in [0.25, 0.3) is 16.6 Å². The highest BCUT2D eigenvalue weighted by Gasteiger charge is 2.24. The Labute approximate surface area is 189 Å². The number of carbonyl (C=O) groups excluding carboxylic acids is 1. The van der Waals surface area contributed by atoms with E-state index in [1.54, 1.807) is 73.8 Å². The van der Waals surface area contributed by atoms with Crippen molar-refractivity contribution in [2.75, 3.05) is 14.2 Å². The first-order chi connectivity index (χ1) is 16.0. The summed E-state index contributed by atoms with van der Waals surface area (Å²) in [6, 6.07) is 18.4. The van der Waals surface area contributed by atoms with Gasteiger partial charge in [-0.25, -0.2) is 9.42 Å². The fourth-order valence-electron chi connectivity index (χ4n) is 3.51. The number of carboxylic acids is 1. The Bertz CT molecular complexity index is 1340. The number of Topliss-reactive ketones (excluding diaryl/α,β-unsaturated/α-hetero) is 1. The zero-order valence-electron chi connectivity index (χ0n) is 17.9. The van der Waals surface area contributed by atoms with Crippen molar-refractivity contribution in [1.29, 1.82) is 0 Å². The zero-order valence-corrected chi connectivity index (χ0v) is 17.9. The van der Waals surface area contributed by atoms with Crippen LogP contribution in [0.4, 0.5) is 0 Å². The number of aliphatic carboxylic acids is 1. The molecule has 1 heterocycles. The number of nitrogens with zero attached hydrogens (tertiary/aromatic N) is 2. The van der Waals surface area contributed by atoms with Crippen LogP contribution >= 0.6 is 0 Å². The number of fused-ring (bicyclic) bond motifs is 1. The number of methoxy groups -OCH3 is 2. The van der Waals surface area contributed by atoms with E-state index in [1.807, 2.05) is 0 Å². The average molecular weight is 444 g/mol. The molecule has 4 aromatic rings. The minimum atomic E-state index is -1.23. The fraction of sp³-hybridized carbons (Fsp3) is 0.120. The molecule has 0 unspecified atom stereocenters. The van der Waals surface area contributed by atoms with Crippen molar-refractivity contribution in [3.05, 3.63) is 89.0 Å². The molecular weight excluding hydrogens is 424 g/mol. The summed E-state index contributed by atoms with van der Waals surface area (Å²) in [7, 11) is 3.09. The molecule has 0 saturated heterocycles. The van der Waals surface area contributed by atoms with Crippen LogP contribution in [-0.4, -0.2) is 41.4 Å². The lowest BCUT2D eigenvalue weighted by Crippen LogP contribution is -2.14. The van der Waals surface area contributed by atoms with Gasteiger partial charge in [0.1, 0.15) is 22.5 Å². The molecule has 8 nitrogen and oxygen atoms in total. The number of benzene rings is 3. The number of hydrogen-bond donors (Lipinski definition) is 1. The summed E-state index contributed by atoms with van der Waals surface area (Å²) in [6.07, 6.45) is 0.103. The van der Waals surface area contributed by atoms with E-state index in [2.05, 4.69) is 10.3 Å². The molecule has 0 bridgehead atoms. The normalized spacial score (nSPS) is 11.7. The van der Waals surface area contributed by atoms with Gasteiger partial charge in [-0.3, -0.25) is 4.79 Å². The van der Waals surface area contributed by atoms with Crippen molar-refractivity contribution in [2.24, 2.45) is 0 Å². The molecule has 8 heteroatoms. The van der Waals surface area contributed by atoms with E-state index in [-0.39, 0.29) is 17.6 Å². The van der Waals surface area contributed by atoms with E-state index < -0.39 is 11.8 Å². The minimum Gasteiger partial charge on any atom is -0.497 e. The first-order valence-electron chi connectivity index (χ1n) is 10.0. The first kappa shape index (κ1) is 21.8. The number of allylic oxidation sites excluding steroid dienone is 1. The third kappa shape index (κ3) is 4.59.